The van der Waals surface area contributed by atoms with E-state index in [9.17, 15) is 28.8 Å². The van der Waals surface area contributed by atoms with Gasteiger partial charge in [0.25, 0.3) is 5.91 Å². The molecule has 0 atom stereocenters. The predicted octanol–water partition coefficient (Wildman–Crippen LogP) is 5.29. The Balaban J connectivity index is -0.000000166. The zero-order valence-electron chi connectivity index (χ0n) is 42.8. The Morgan fingerprint density at radius 2 is 1.12 bits per heavy atom. The maximum atomic E-state index is 11.6. The number of nitrogens with one attached hydrogen (secondary N) is 3. The predicted molar refractivity (Wildman–Crippen MR) is 268 cm³/mol. The molecule has 1 saturated heterocycles. The number of rotatable bonds is 11. The SMILES string of the molecule is C1CCOC1.CC(=O)Cl.CC(=O)Nc1ccc(C(C)=O)cn1.CC(=O)c1ccc(N)nc1.CCN(C(C)C)C(C)C.CNOC.CON(C)C(=O)c1ccc(NC(C)=O)nc1.Cl.[CH2-]CCC.[Li+]. The van der Waals surface area contributed by atoms with Crippen molar-refractivity contribution in [3.63, 3.8) is 0 Å². The van der Waals surface area contributed by atoms with Crippen molar-refractivity contribution in [2.24, 2.45) is 0 Å². The number of hydrogen-bond acceptors (Lipinski definition) is 15. The molecule has 1 aliphatic rings. The van der Waals surface area contributed by atoms with Crippen molar-refractivity contribution in [1.82, 2.24) is 30.4 Å². The number of ketones is 2. The molecule has 5 N–H and O–H groups in total. The number of nitrogens with two attached hydrogens (primary N) is 1. The van der Waals surface area contributed by atoms with Crippen molar-refractivity contribution in [1.29, 1.82) is 0 Å². The first-order valence-corrected chi connectivity index (χ1v) is 21.4. The summed E-state index contributed by atoms with van der Waals surface area (Å²) in [7, 11) is 6.18. The minimum absolute atomic E-state index is 0. The van der Waals surface area contributed by atoms with Crippen molar-refractivity contribution in [2.75, 3.05) is 64.4 Å². The number of nitrogen functional groups attached to an aromatic ring is 1. The second-order valence-corrected chi connectivity index (χ2v) is 14.4. The standard InChI is InChI=1S/C10H13N3O3.C9H10N2O2.C8H19N.C7H8N2O.C4H8O.C4H9.C2H3ClO.C2H7NO.ClH.Li/c1-7(14)12-9-5-4-8(6-11-9)10(15)13(2)16-3;1-6(12)8-3-4-9(10-5-8)11-7(2)13;1-6-9(7(2)3)8(4)5;1-5(10)6-2-3-7(8)9-4-6;1-2-4-5-3-1;1-3-4-2;1-2(3)4;1-3-4-2;;/h4-6H,1-3H3,(H,11,12,14);3-5H,1-2H3,(H,10,11,13);7-8H,6H2,1-5H3;2-4H,1H3,(H2,8,9);1-4H2;1,3-4H2,2H3;1H3;3H,1-2H3;1H;/q;;;;;-1;;;;+1. The van der Waals surface area contributed by atoms with Crippen LogP contribution in [0.25, 0.3) is 0 Å². The van der Waals surface area contributed by atoms with E-state index in [-0.39, 0.29) is 65.8 Å². The van der Waals surface area contributed by atoms with Gasteiger partial charge >= 0.3 is 18.9 Å². The van der Waals surface area contributed by atoms with Crippen LogP contribution in [-0.4, -0.2) is 120 Å². The average Bonchev–Trinajstić information content (AvgIpc) is 3.85. The van der Waals surface area contributed by atoms with E-state index in [0.717, 1.165) is 31.2 Å². The number of anilines is 3. The maximum Gasteiger partial charge on any atom is 1.00 e. The summed E-state index contributed by atoms with van der Waals surface area (Å²) < 4.78 is 4.94. The molecule has 0 bridgehead atoms. The summed E-state index contributed by atoms with van der Waals surface area (Å²) >= 11 is 4.64. The Hall–Kier alpha value is -4.35. The van der Waals surface area contributed by atoms with Crippen LogP contribution in [-0.2, 0) is 28.8 Å². The quantitative estimate of drug-likeness (QED) is 0.0628. The van der Waals surface area contributed by atoms with Crippen molar-refractivity contribution < 1.29 is 62.0 Å². The van der Waals surface area contributed by atoms with Gasteiger partial charge in [-0.05, 0) is 109 Å². The van der Waals surface area contributed by atoms with Crippen molar-refractivity contribution in [3.8, 4) is 0 Å². The second kappa shape index (κ2) is 48.1. The summed E-state index contributed by atoms with van der Waals surface area (Å²) in [5.41, 5.74) is 9.25. The fourth-order valence-electron chi connectivity index (χ4n) is 4.35. The van der Waals surface area contributed by atoms with E-state index in [2.05, 4.69) is 101 Å². The van der Waals surface area contributed by atoms with Gasteiger partial charge in [-0.1, -0.05) is 20.3 Å². The second-order valence-electron chi connectivity index (χ2n) is 13.9. The molecule has 0 saturated carbocycles. The fraction of sp³-hybridized carbons (Fsp3) is 0.522. The smallest absolute Gasteiger partial charge is 0.384 e. The third-order valence-electron chi connectivity index (χ3n) is 7.62. The van der Waals surface area contributed by atoms with Crippen molar-refractivity contribution in [3.05, 3.63) is 78.6 Å². The number of aromatic nitrogens is 3. The summed E-state index contributed by atoms with van der Waals surface area (Å²) in [6.07, 6.45) is 9.12. The Morgan fingerprint density at radius 1 is 0.761 bits per heavy atom. The Bertz CT molecular complexity index is 1700. The van der Waals surface area contributed by atoms with E-state index in [0.29, 0.717) is 46.2 Å². The molecule has 3 aromatic heterocycles. The van der Waals surface area contributed by atoms with Crippen LogP contribution in [0.15, 0.2) is 55.0 Å². The summed E-state index contributed by atoms with van der Waals surface area (Å²) in [5, 5.41) is 5.75. The average molecular weight is 979 g/mol. The Morgan fingerprint density at radius 3 is 1.31 bits per heavy atom. The Kier molecular flexibility index (Phi) is 53.3. The van der Waals surface area contributed by atoms with Crippen LogP contribution in [0.5, 0.6) is 0 Å². The molecule has 0 radical (unpaired) electrons. The van der Waals surface area contributed by atoms with Gasteiger partial charge in [-0.3, -0.25) is 38.5 Å². The number of nitrogens with zero attached hydrogens (tertiary/aromatic N) is 5. The number of Topliss-reactive ketones (excluding diaryl/α,β-unsaturated/α-hetero) is 2. The normalized spacial score (nSPS) is 10.2. The van der Waals surface area contributed by atoms with Crippen LogP contribution in [0.1, 0.15) is 133 Å². The molecule has 3 amide bonds. The molecule has 4 rings (SSSR count). The number of carbonyl (C=O) groups excluding carboxylic acids is 6. The monoisotopic (exact) mass is 978 g/mol. The van der Waals surface area contributed by atoms with Crippen LogP contribution in [0.3, 0.4) is 0 Å². The minimum Gasteiger partial charge on any atom is -0.384 e. The zero-order valence-corrected chi connectivity index (χ0v) is 44.4. The molecular formula is C46H78Cl2LiN9O9. The molecule has 1 aliphatic heterocycles. The summed E-state index contributed by atoms with van der Waals surface area (Å²) in [6, 6.07) is 11.0. The van der Waals surface area contributed by atoms with E-state index in [1.807, 2.05) is 0 Å². The number of pyridine rings is 3. The third kappa shape index (κ3) is 46.5. The molecule has 67 heavy (non-hydrogen) atoms. The van der Waals surface area contributed by atoms with Crippen molar-refractivity contribution in [2.45, 2.75) is 114 Å². The summed E-state index contributed by atoms with van der Waals surface area (Å²) in [6.45, 7) is 27.1. The van der Waals surface area contributed by atoms with Gasteiger partial charge in [0.1, 0.15) is 17.5 Å². The number of halogens is 2. The van der Waals surface area contributed by atoms with Gasteiger partial charge in [0.2, 0.25) is 17.1 Å². The molecule has 0 spiro atoms. The van der Waals surface area contributed by atoms with Crippen LogP contribution < -0.4 is 40.7 Å². The number of hydroxylamine groups is 3. The molecule has 1 fully saturated rings. The maximum absolute atomic E-state index is 11.6. The summed E-state index contributed by atoms with van der Waals surface area (Å²) in [5.74, 6) is 0.578. The molecule has 18 nitrogen and oxygen atoms in total. The number of hydrogen-bond donors (Lipinski definition) is 4. The number of ether oxygens (including phenoxy) is 1. The third-order valence-corrected chi connectivity index (χ3v) is 7.62. The Labute approximate surface area is 423 Å². The van der Waals surface area contributed by atoms with Crippen LogP contribution in [0.2, 0.25) is 0 Å². The summed E-state index contributed by atoms with van der Waals surface area (Å²) in [4.78, 5) is 86.7. The van der Waals surface area contributed by atoms with E-state index in [1.165, 1.54) is 86.6 Å². The molecule has 0 aliphatic carbocycles. The molecular weight excluding hydrogens is 900 g/mol. The van der Waals surface area contributed by atoms with Gasteiger partial charge in [-0.25, -0.2) is 25.5 Å². The van der Waals surface area contributed by atoms with Gasteiger partial charge in [-0.15, -0.1) is 12.4 Å². The fourth-order valence-corrected chi connectivity index (χ4v) is 4.35. The molecule has 3 aromatic rings. The molecule has 0 aromatic carbocycles. The number of unbranched alkanes of at least 4 members (excludes halogenated alkanes) is 1. The van der Waals surface area contributed by atoms with Crippen LogP contribution in [0, 0.1) is 6.92 Å². The van der Waals surface area contributed by atoms with E-state index < -0.39 is 0 Å². The zero-order chi connectivity index (χ0) is 50.9. The molecule has 21 heteroatoms. The first-order valence-electron chi connectivity index (χ1n) is 21.0. The van der Waals surface area contributed by atoms with Gasteiger partial charge < -0.3 is 32.9 Å². The van der Waals surface area contributed by atoms with Crippen LogP contribution in [0.4, 0.5) is 17.5 Å². The first-order chi connectivity index (χ1) is 30.5. The van der Waals surface area contributed by atoms with Gasteiger partial charge in [0, 0.05) is 89.9 Å². The number of amides is 3. The van der Waals surface area contributed by atoms with Crippen molar-refractivity contribution >= 4 is 76.0 Å². The molecule has 4 heterocycles. The molecule has 0 unspecified atom stereocenters. The van der Waals surface area contributed by atoms with E-state index in [1.54, 1.807) is 50.6 Å². The topological polar surface area (TPSA) is 237 Å². The molecule has 376 valence electrons. The minimum atomic E-state index is -0.361. The van der Waals surface area contributed by atoms with E-state index >= 15 is 0 Å². The van der Waals surface area contributed by atoms with Gasteiger partial charge in [0.05, 0.1) is 19.8 Å². The largest absolute Gasteiger partial charge is 1.00 e. The van der Waals surface area contributed by atoms with E-state index in [4.69, 9.17) is 15.3 Å². The number of carbonyl (C=O) groups is 6. The van der Waals surface area contributed by atoms with Gasteiger partial charge in [0.15, 0.2) is 11.6 Å². The van der Waals surface area contributed by atoms with Gasteiger partial charge in [-0.2, -0.15) is 6.42 Å². The first kappa shape index (κ1) is 74.2. The van der Waals surface area contributed by atoms with Crippen LogP contribution >= 0.6 is 24.0 Å².